The molecule has 31 heavy (non-hydrogen) atoms. The first kappa shape index (κ1) is 22.4. The van der Waals surface area contributed by atoms with Gasteiger partial charge >= 0.3 is 0 Å². The van der Waals surface area contributed by atoms with Crippen molar-refractivity contribution in [3.63, 3.8) is 0 Å². The Bertz CT molecular complexity index is 1010. The van der Waals surface area contributed by atoms with E-state index in [-0.39, 0.29) is 11.3 Å². The van der Waals surface area contributed by atoms with Crippen LogP contribution in [0.5, 0.6) is 5.75 Å². The van der Waals surface area contributed by atoms with Crippen LogP contribution in [0, 0.1) is 13.8 Å². The summed E-state index contributed by atoms with van der Waals surface area (Å²) < 4.78 is 5.23. The number of aliphatic hydroxyl groups is 1. The highest BCUT2D eigenvalue weighted by Crippen LogP contribution is 2.40. The summed E-state index contributed by atoms with van der Waals surface area (Å²) in [6.45, 7) is 4.64. The van der Waals surface area contributed by atoms with Crippen molar-refractivity contribution in [3.05, 3.63) is 58.7 Å². The fourth-order valence-corrected chi connectivity index (χ4v) is 3.76. The summed E-state index contributed by atoms with van der Waals surface area (Å²) in [5.41, 5.74) is 1.65. The number of ether oxygens (including phenoxy) is 1. The predicted molar refractivity (Wildman–Crippen MR) is 117 cm³/mol. The minimum Gasteiger partial charge on any atom is -0.507 e. The van der Waals surface area contributed by atoms with E-state index < -0.39 is 17.7 Å². The number of Topliss-reactive ketones (excluding diaryl/α,β-unsaturated/α-hetero) is 1. The maximum absolute atomic E-state index is 13.0. The molecule has 1 aliphatic heterocycles. The summed E-state index contributed by atoms with van der Waals surface area (Å²) in [6.07, 6.45) is 2.18. The number of benzene rings is 1. The molecule has 1 aromatic carbocycles. The molecule has 1 saturated heterocycles. The van der Waals surface area contributed by atoms with Crippen LogP contribution in [-0.2, 0) is 9.59 Å². The number of aromatic nitrogens is 2. The lowest BCUT2D eigenvalue weighted by molar-refractivity contribution is -0.139. The van der Waals surface area contributed by atoms with E-state index in [1.165, 1.54) is 11.1 Å². The van der Waals surface area contributed by atoms with Crippen molar-refractivity contribution in [1.29, 1.82) is 0 Å². The van der Waals surface area contributed by atoms with Gasteiger partial charge in [-0.1, -0.05) is 12.1 Å². The Morgan fingerprint density at radius 3 is 2.45 bits per heavy atom. The second-order valence-electron chi connectivity index (χ2n) is 7.84. The molecule has 0 spiro atoms. The Hall–Kier alpha value is -3.26. The van der Waals surface area contributed by atoms with Crippen molar-refractivity contribution in [3.8, 4) is 5.75 Å². The molecule has 1 N–H and O–H groups in total. The van der Waals surface area contributed by atoms with E-state index in [1.54, 1.807) is 45.2 Å². The number of likely N-dealkylation sites (tertiary alicyclic amines) is 1. The number of methoxy groups -OCH3 is 1. The maximum atomic E-state index is 13.0. The quantitative estimate of drug-likeness (QED) is 0.414. The van der Waals surface area contributed by atoms with Gasteiger partial charge in [0.15, 0.2) is 0 Å². The molecule has 1 fully saturated rings. The summed E-state index contributed by atoms with van der Waals surface area (Å²) in [6, 6.07) is 6.46. The highest BCUT2D eigenvalue weighted by molar-refractivity contribution is 6.46. The number of rotatable bonds is 7. The van der Waals surface area contributed by atoms with E-state index in [0.717, 1.165) is 12.1 Å². The van der Waals surface area contributed by atoms with Gasteiger partial charge in [-0.15, -0.1) is 0 Å². The lowest BCUT2D eigenvalue weighted by Crippen LogP contribution is -2.32. The Balaban J connectivity index is 2.11. The molecule has 3 rings (SSSR count). The first-order chi connectivity index (χ1) is 14.7. The normalized spacial score (nSPS) is 18.1. The summed E-state index contributed by atoms with van der Waals surface area (Å²) in [4.78, 5) is 37.9. The molecule has 8 heteroatoms. The van der Waals surface area contributed by atoms with E-state index in [4.69, 9.17) is 4.74 Å². The number of aliphatic hydroxyl groups excluding tert-OH is 1. The van der Waals surface area contributed by atoms with Crippen LogP contribution in [0.25, 0.3) is 5.76 Å². The summed E-state index contributed by atoms with van der Waals surface area (Å²) >= 11 is 0. The van der Waals surface area contributed by atoms with E-state index in [1.807, 2.05) is 19.0 Å². The Morgan fingerprint density at radius 2 is 1.87 bits per heavy atom. The number of hydrogen-bond donors (Lipinski definition) is 1. The molecular formula is C23H28N4O4. The summed E-state index contributed by atoms with van der Waals surface area (Å²) in [5.74, 6) is -0.359. The van der Waals surface area contributed by atoms with Gasteiger partial charge in [-0.3, -0.25) is 9.59 Å². The van der Waals surface area contributed by atoms with Crippen molar-refractivity contribution in [2.24, 2.45) is 0 Å². The van der Waals surface area contributed by atoms with Crippen LogP contribution in [0.2, 0.25) is 0 Å². The lowest BCUT2D eigenvalue weighted by Gasteiger charge is -2.26. The first-order valence-corrected chi connectivity index (χ1v) is 10.1. The zero-order valence-electron chi connectivity index (χ0n) is 18.5. The lowest BCUT2D eigenvalue weighted by atomic mass is 9.95. The second kappa shape index (κ2) is 9.26. The van der Waals surface area contributed by atoms with Gasteiger partial charge in [0, 0.05) is 12.7 Å². The standard InChI is InChI=1S/C23H28N4O4/c1-14-18(13-24-15(2)25-14)21(28)19-20(16-7-9-17(31-5)10-8-16)27(23(30)22(19)29)12-6-11-26(3)4/h7-10,13,20,28H,6,11-12H2,1-5H3/b21-19+/t20-/m1/s1. The predicted octanol–water partition coefficient (Wildman–Crippen LogP) is 2.48. The fourth-order valence-electron chi connectivity index (χ4n) is 3.76. The third kappa shape index (κ3) is 4.59. The van der Waals surface area contributed by atoms with E-state index >= 15 is 0 Å². The number of amides is 1. The average molecular weight is 425 g/mol. The highest BCUT2D eigenvalue weighted by Gasteiger charge is 2.46. The average Bonchev–Trinajstić information content (AvgIpc) is 2.98. The van der Waals surface area contributed by atoms with Crippen LogP contribution in [0.4, 0.5) is 0 Å². The SMILES string of the molecule is COc1ccc([C@@H]2/C(=C(\O)c3cnc(C)nc3C)C(=O)C(=O)N2CCCN(C)C)cc1. The second-order valence-corrected chi connectivity index (χ2v) is 7.84. The minimum atomic E-state index is -0.705. The first-order valence-electron chi connectivity index (χ1n) is 10.1. The molecule has 1 amide bonds. The zero-order chi connectivity index (χ0) is 22.7. The topological polar surface area (TPSA) is 95.9 Å². The smallest absolute Gasteiger partial charge is 0.295 e. The summed E-state index contributed by atoms with van der Waals surface area (Å²) in [5, 5.41) is 11.1. The summed E-state index contributed by atoms with van der Waals surface area (Å²) in [7, 11) is 5.48. The maximum Gasteiger partial charge on any atom is 0.295 e. The molecular weight excluding hydrogens is 396 g/mol. The van der Waals surface area contributed by atoms with Crippen LogP contribution in [0.15, 0.2) is 36.0 Å². The van der Waals surface area contributed by atoms with Gasteiger partial charge in [0.05, 0.1) is 30.0 Å². The van der Waals surface area contributed by atoms with Crippen molar-refractivity contribution in [2.75, 3.05) is 34.3 Å². The molecule has 0 bridgehead atoms. The van der Waals surface area contributed by atoms with Crippen LogP contribution < -0.4 is 4.74 Å². The van der Waals surface area contributed by atoms with Gasteiger partial charge < -0.3 is 19.6 Å². The molecule has 8 nitrogen and oxygen atoms in total. The molecule has 1 aromatic heterocycles. The largest absolute Gasteiger partial charge is 0.507 e. The zero-order valence-corrected chi connectivity index (χ0v) is 18.5. The van der Waals surface area contributed by atoms with Crippen molar-refractivity contribution >= 4 is 17.4 Å². The molecule has 2 aromatic rings. The third-order valence-electron chi connectivity index (χ3n) is 5.33. The number of carbonyl (C=O) groups is 2. The van der Waals surface area contributed by atoms with Gasteiger partial charge in [-0.2, -0.15) is 0 Å². The highest BCUT2D eigenvalue weighted by atomic mass is 16.5. The molecule has 0 unspecified atom stereocenters. The molecule has 2 heterocycles. The number of hydrogen-bond acceptors (Lipinski definition) is 7. The van der Waals surface area contributed by atoms with Crippen LogP contribution in [0.1, 0.15) is 35.1 Å². The monoisotopic (exact) mass is 424 g/mol. The third-order valence-corrected chi connectivity index (χ3v) is 5.33. The van der Waals surface area contributed by atoms with Crippen molar-refractivity contribution < 1.29 is 19.4 Å². The van der Waals surface area contributed by atoms with Crippen LogP contribution >= 0.6 is 0 Å². The van der Waals surface area contributed by atoms with E-state index in [0.29, 0.717) is 35.8 Å². The number of aryl methyl sites for hydroxylation is 2. The van der Waals surface area contributed by atoms with Gasteiger partial charge in [0.25, 0.3) is 11.7 Å². The number of carbonyl (C=O) groups excluding carboxylic acids is 2. The van der Waals surface area contributed by atoms with Gasteiger partial charge in [-0.05, 0) is 58.6 Å². The number of ketones is 1. The minimum absolute atomic E-state index is 0.0515. The molecule has 0 radical (unpaired) electrons. The van der Waals surface area contributed by atoms with Gasteiger partial charge in [0.2, 0.25) is 0 Å². The van der Waals surface area contributed by atoms with Gasteiger partial charge in [0.1, 0.15) is 17.3 Å². The molecule has 0 aliphatic carbocycles. The van der Waals surface area contributed by atoms with Crippen molar-refractivity contribution in [2.45, 2.75) is 26.3 Å². The van der Waals surface area contributed by atoms with Crippen molar-refractivity contribution in [1.82, 2.24) is 19.8 Å². The molecule has 1 aliphatic rings. The Morgan fingerprint density at radius 1 is 1.19 bits per heavy atom. The van der Waals surface area contributed by atoms with Gasteiger partial charge in [-0.25, -0.2) is 9.97 Å². The van der Waals surface area contributed by atoms with Crippen LogP contribution in [-0.4, -0.2) is 70.9 Å². The Kier molecular flexibility index (Phi) is 6.70. The Labute approximate surface area is 182 Å². The van der Waals surface area contributed by atoms with E-state index in [2.05, 4.69) is 9.97 Å². The fraction of sp³-hybridized carbons (Fsp3) is 0.391. The molecule has 164 valence electrons. The van der Waals surface area contributed by atoms with E-state index in [9.17, 15) is 14.7 Å². The van der Waals surface area contributed by atoms with Crippen LogP contribution in [0.3, 0.4) is 0 Å². The molecule has 1 atom stereocenters. The number of nitrogens with zero attached hydrogens (tertiary/aromatic N) is 4. The molecule has 0 saturated carbocycles.